The van der Waals surface area contributed by atoms with Crippen LogP contribution in [0.2, 0.25) is 0 Å². The Balaban J connectivity index is 2.42. The summed E-state index contributed by atoms with van der Waals surface area (Å²) in [5.41, 5.74) is 5.48. The molecule has 0 atom stereocenters. The summed E-state index contributed by atoms with van der Waals surface area (Å²) in [5, 5.41) is 11.6. The van der Waals surface area contributed by atoms with Crippen LogP contribution in [0, 0.1) is 17.1 Å². The molecule has 0 aromatic heterocycles. The molecule has 1 aromatic carbocycles. The van der Waals surface area contributed by atoms with E-state index in [4.69, 9.17) is 11.0 Å². The average molecular weight is 235 g/mol. The van der Waals surface area contributed by atoms with E-state index in [9.17, 15) is 9.18 Å². The predicted octanol–water partition coefficient (Wildman–Crippen LogP) is 1.05. The van der Waals surface area contributed by atoms with Crippen molar-refractivity contribution in [2.24, 2.45) is 5.73 Å². The molecule has 0 saturated heterocycles. The summed E-state index contributed by atoms with van der Waals surface area (Å²) < 4.78 is 13.6. The Morgan fingerprint density at radius 3 is 2.94 bits per heavy atom. The number of benzene rings is 1. The first-order valence-electron chi connectivity index (χ1n) is 5.31. The van der Waals surface area contributed by atoms with Crippen LogP contribution < -0.4 is 11.1 Å². The number of nitrogens with zero attached hydrogens (tertiary/aromatic N) is 1. The fourth-order valence-corrected chi connectivity index (χ4v) is 1.41. The summed E-state index contributed by atoms with van der Waals surface area (Å²) in [4.78, 5) is 10.5. The van der Waals surface area contributed by atoms with E-state index in [1.807, 2.05) is 0 Å². The highest BCUT2D eigenvalue weighted by molar-refractivity contribution is 5.73. The van der Waals surface area contributed by atoms with Crippen LogP contribution in [0.15, 0.2) is 18.2 Å². The van der Waals surface area contributed by atoms with E-state index in [1.54, 1.807) is 18.2 Å². The Labute approximate surface area is 99.2 Å². The Hall–Kier alpha value is -1.93. The molecule has 3 N–H and O–H groups in total. The Morgan fingerprint density at radius 2 is 2.29 bits per heavy atom. The molecule has 17 heavy (non-hydrogen) atoms. The van der Waals surface area contributed by atoms with Crippen LogP contribution in [0.1, 0.15) is 24.0 Å². The normalized spacial score (nSPS) is 9.88. The number of nitrogens with one attached hydrogen (secondary N) is 1. The number of nitriles is 1. The predicted molar refractivity (Wildman–Crippen MR) is 61.3 cm³/mol. The van der Waals surface area contributed by atoms with Gasteiger partial charge < -0.3 is 11.1 Å². The van der Waals surface area contributed by atoms with Crippen LogP contribution in [-0.4, -0.2) is 12.5 Å². The zero-order valence-corrected chi connectivity index (χ0v) is 9.37. The van der Waals surface area contributed by atoms with Gasteiger partial charge >= 0.3 is 0 Å². The minimum Gasteiger partial charge on any atom is -0.370 e. The zero-order chi connectivity index (χ0) is 12.7. The van der Waals surface area contributed by atoms with Crippen molar-refractivity contribution in [2.45, 2.75) is 19.4 Å². The van der Waals surface area contributed by atoms with Gasteiger partial charge in [-0.05, 0) is 19.0 Å². The van der Waals surface area contributed by atoms with Crippen LogP contribution in [0.4, 0.5) is 4.39 Å². The number of primary amides is 1. The third-order valence-corrected chi connectivity index (χ3v) is 2.29. The van der Waals surface area contributed by atoms with Crippen molar-refractivity contribution in [2.75, 3.05) is 6.54 Å². The maximum absolute atomic E-state index is 13.6. The van der Waals surface area contributed by atoms with Crippen LogP contribution in [0.25, 0.3) is 0 Å². The first-order chi connectivity index (χ1) is 8.15. The molecule has 0 saturated carbocycles. The smallest absolute Gasteiger partial charge is 0.217 e. The van der Waals surface area contributed by atoms with Crippen molar-refractivity contribution < 1.29 is 9.18 Å². The SMILES string of the molecule is N#Cc1cccc(CNCCCC(N)=O)c1F. The summed E-state index contributed by atoms with van der Waals surface area (Å²) in [7, 11) is 0. The highest BCUT2D eigenvalue weighted by Crippen LogP contribution is 2.11. The van der Waals surface area contributed by atoms with Gasteiger partial charge in [0.1, 0.15) is 11.9 Å². The van der Waals surface area contributed by atoms with Gasteiger partial charge in [0.2, 0.25) is 5.91 Å². The molecule has 0 bridgehead atoms. The van der Waals surface area contributed by atoms with Gasteiger partial charge in [0, 0.05) is 18.5 Å². The fourth-order valence-electron chi connectivity index (χ4n) is 1.41. The topological polar surface area (TPSA) is 78.9 Å². The van der Waals surface area contributed by atoms with E-state index >= 15 is 0 Å². The maximum Gasteiger partial charge on any atom is 0.217 e. The molecule has 0 aliphatic heterocycles. The lowest BCUT2D eigenvalue weighted by Gasteiger charge is -2.06. The number of hydrogen-bond acceptors (Lipinski definition) is 3. The molecule has 1 rings (SSSR count). The number of carbonyl (C=O) groups is 1. The highest BCUT2D eigenvalue weighted by Gasteiger charge is 2.06. The Morgan fingerprint density at radius 1 is 1.53 bits per heavy atom. The van der Waals surface area contributed by atoms with E-state index in [1.165, 1.54) is 6.07 Å². The van der Waals surface area contributed by atoms with Crippen molar-refractivity contribution >= 4 is 5.91 Å². The van der Waals surface area contributed by atoms with E-state index in [-0.39, 0.29) is 11.5 Å². The number of nitrogens with two attached hydrogens (primary N) is 1. The second-order valence-corrected chi connectivity index (χ2v) is 3.64. The molecule has 1 amide bonds. The number of hydrogen-bond donors (Lipinski definition) is 2. The largest absolute Gasteiger partial charge is 0.370 e. The van der Waals surface area contributed by atoms with Crippen molar-refractivity contribution in [3.05, 3.63) is 35.1 Å². The monoisotopic (exact) mass is 235 g/mol. The minimum absolute atomic E-state index is 0.0430. The lowest BCUT2D eigenvalue weighted by Crippen LogP contribution is -2.18. The lowest BCUT2D eigenvalue weighted by molar-refractivity contribution is -0.118. The van der Waals surface area contributed by atoms with E-state index < -0.39 is 5.82 Å². The molecule has 0 aliphatic rings. The zero-order valence-electron chi connectivity index (χ0n) is 9.37. The lowest BCUT2D eigenvalue weighted by atomic mass is 10.1. The molecule has 0 spiro atoms. The molecular weight excluding hydrogens is 221 g/mol. The van der Waals surface area contributed by atoms with Crippen molar-refractivity contribution in [3.8, 4) is 6.07 Å². The van der Waals surface area contributed by atoms with E-state index in [2.05, 4.69) is 5.32 Å². The van der Waals surface area contributed by atoms with Crippen LogP contribution in [0.3, 0.4) is 0 Å². The first-order valence-corrected chi connectivity index (χ1v) is 5.31. The molecule has 0 heterocycles. The molecule has 90 valence electrons. The van der Waals surface area contributed by atoms with Crippen LogP contribution >= 0.6 is 0 Å². The number of carbonyl (C=O) groups excluding carboxylic acids is 1. The highest BCUT2D eigenvalue weighted by atomic mass is 19.1. The third-order valence-electron chi connectivity index (χ3n) is 2.29. The van der Waals surface area contributed by atoms with Gasteiger partial charge in [-0.2, -0.15) is 5.26 Å². The molecule has 4 nitrogen and oxygen atoms in total. The Bertz CT molecular complexity index is 440. The van der Waals surface area contributed by atoms with Gasteiger partial charge in [-0.3, -0.25) is 4.79 Å². The third kappa shape index (κ3) is 4.21. The maximum atomic E-state index is 13.6. The number of halogens is 1. The molecule has 5 heteroatoms. The van der Waals surface area contributed by atoms with E-state index in [0.29, 0.717) is 31.5 Å². The number of amides is 1. The molecule has 0 fully saturated rings. The summed E-state index contributed by atoms with van der Waals surface area (Å²) in [6.45, 7) is 0.916. The second kappa shape index (κ2) is 6.61. The second-order valence-electron chi connectivity index (χ2n) is 3.64. The van der Waals surface area contributed by atoms with E-state index in [0.717, 1.165) is 0 Å². The van der Waals surface area contributed by atoms with Crippen molar-refractivity contribution in [3.63, 3.8) is 0 Å². The van der Waals surface area contributed by atoms with Crippen LogP contribution in [-0.2, 0) is 11.3 Å². The minimum atomic E-state index is -0.489. The standard InChI is InChI=1S/C12H14FN3O/c13-12-9(7-14)3-1-4-10(12)8-16-6-2-5-11(15)17/h1,3-4,16H,2,5-6,8H2,(H2,15,17). The summed E-state index contributed by atoms with van der Waals surface area (Å²) >= 11 is 0. The molecule has 1 aromatic rings. The Kier molecular flexibility index (Phi) is 5.11. The first kappa shape index (κ1) is 13.1. The number of rotatable bonds is 6. The quantitative estimate of drug-likeness (QED) is 0.723. The van der Waals surface area contributed by atoms with Gasteiger partial charge in [-0.15, -0.1) is 0 Å². The van der Waals surface area contributed by atoms with Gasteiger partial charge in [0.05, 0.1) is 5.56 Å². The molecule has 0 unspecified atom stereocenters. The van der Waals surface area contributed by atoms with Gasteiger partial charge in [0.15, 0.2) is 0 Å². The molecular formula is C12H14FN3O. The van der Waals surface area contributed by atoms with Crippen molar-refractivity contribution in [1.29, 1.82) is 5.26 Å². The van der Waals surface area contributed by atoms with Crippen molar-refractivity contribution in [1.82, 2.24) is 5.32 Å². The molecule has 0 aliphatic carbocycles. The summed E-state index contributed by atoms with van der Waals surface area (Å²) in [6.07, 6.45) is 0.933. The fraction of sp³-hybridized carbons (Fsp3) is 0.333. The molecule has 0 radical (unpaired) electrons. The van der Waals surface area contributed by atoms with Crippen LogP contribution in [0.5, 0.6) is 0 Å². The van der Waals surface area contributed by atoms with Gasteiger partial charge in [-0.25, -0.2) is 4.39 Å². The van der Waals surface area contributed by atoms with Gasteiger partial charge in [0.25, 0.3) is 0 Å². The average Bonchev–Trinajstić information content (AvgIpc) is 2.30. The summed E-state index contributed by atoms with van der Waals surface area (Å²) in [5.74, 6) is -0.832. The summed E-state index contributed by atoms with van der Waals surface area (Å²) in [6, 6.07) is 6.49. The van der Waals surface area contributed by atoms with Gasteiger partial charge in [-0.1, -0.05) is 12.1 Å².